The van der Waals surface area contributed by atoms with Crippen LogP contribution in [0.1, 0.15) is 41.0 Å². The number of nitrogens with zero attached hydrogens (tertiary/aromatic N) is 5. The number of hydrogen-bond donors (Lipinski definition) is 0. The van der Waals surface area contributed by atoms with E-state index in [2.05, 4.69) is 16.2 Å². The zero-order valence-corrected chi connectivity index (χ0v) is 17.0. The van der Waals surface area contributed by atoms with Gasteiger partial charge in [-0.3, -0.25) is 4.79 Å². The number of hydrogen-bond acceptors (Lipinski definition) is 5. The number of anilines is 1. The van der Waals surface area contributed by atoms with Crippen molar-refractivity contribution in [3.05, 3.63) is 71.0 Å². The van der Waals surface area contributed by atoms with Gasteiger partial charge in [-0.2, -0.15) is 23.5 Å². The molecule has 0 saturated carbocycles. The third kappa shape index (κ3) is 4.74. The van der Waals surface area contributed by atoms with E-state index in [1.807, 2.05) is 18.7 Å². The van der Waals surface area contributed by atoms with Crippen molar-refractivity contribution >= 4 is 11.6 Å². The summed E-state index contributed by atoms with van der Waals surface area (Å²) in [5.41, 5.74) is -0.802. The van der Waals surface area contributed by atoms with E-state index in [1.54, 1.807) is 12.1 Å². The summed E-state index contributed by atoms with van der Waals surface area (Å²) in [6.07, 6.45) is -3.40. The Morgan fingerprint density at radius 2 is 1.84 bits per heavy atom. The highest BCUT2D eigenvalue weighted by molar-refractivity contribution is 5.98. The second kappa shape index (κ2) is 9.00. The number of carbonyl (C=O) groups excluding carboxylic acids is 1. The number of carbonyl (C=O) groups is 1. The van der Waals surface area contributed by atoms with E-state index in [9.17, 15) is 23.2 Å². The van der Waals surface area contributed by atoms with Crippen molar-refractivity contribution in [3.63, 3.8) is 0 Å². The van der Waals surface area contributed by atoms with E-state index in [1.165, 1.54) is 29.1 Å². The molecule has 0 aliphatic carbocycles. The van der Waals surface area contributed by atoms with Crippen LogP contribution in [0.4, 0.5) is 19.0 Å². The van der Waals surface area contributed by atoms with Gasteiger partial charge in [-0.15, -0.1) is 0 Å². The highest BCUT2D eigenvalue weighted by Gasteiger charge is 2.34. The molecule has 0 amide bonds. The highest BCUT2D eigenvalue weighted by atomic mass is 19.4. The Kier molecular flexibility index (Phi) is 6.39. The topological polar surface area (TPSA) is 74.8 Å². The highest BCUT2D eigenvalue weighted by Crippen LogP contribution is 2.32. The molecule has 0 aliphatic rings. The number of benzene rings is 1. The molecule has 0 saturated heterocycles. The monoisotopic (exact) mass is 427 g/mol. The number of aromatic nitrogens is 3. The van der Waals surface area contributed by atoms with Crippen LogP contribution in [0.2, 0.25) is 0 Å². The molecule has 6 nitrogen and oxygen atoms in total. The van der Waals surface area contributed by atoms with Gasteiger partial charge in [-0.05, 0) is 38.1 Å². The minimum Gasteiger partial charge on any atom is -0.357 e. The van der Waals surface area contributed by atoms with E-state index >= 15 is 0 Å². The van der Waals surface area contributed by atoms with E-state index in [4.69, 9.17) is 0 Å². The SMILES string of the molecule is CCN(CC)c1ccc(C#N)c(-n2ccc(CC(=O)c3ccccc3C(F)(F)F)n2)n1. The lowest BCUT2D eigenvalue weighted by atomic mass is 10.0. The molecule has 0 aliphatic heterocycles. The zero-order chi connectivity index (χ0) is 22.6. The average Bonchev–Trinajstić information content (AvgIpc) is 3.22. The molecule has 0 radical (unpaired) electrons. The molecule has 0 spiro atoms. The largest absolute Gasteiger partial charge is 0.417 e. The van der Waals surface area contributed by atoms with Gasteiger partial charge in [0, 0.05) is 24.8 Å². The van der Waals surface area contributed by atoms with Gasteiger partial charge >= 0.3 is 6.18 Å². The minimum absolute atomic E-state index is 0.279. The second-order valence-electron chi connectivity index (χ2n) is 6.72. The van der Waals surface area contributed by atoms with Crippen molar-refractivity contribution in [1.29, 1.82) is 5.26 Å². The molecule has 9 heteroatoms. The molecule has 0 unspecified atom stereocenters. The van der Waals surface area contributed by atoms with Crippen LogP contribution in [0, 0.1) is 11.3 Å². The first-order valence-electron chi connectivity index (χ1n) is 9.68. The Morgan fingerprint density at radius 3 is 2.48 bits per heavy atom. The molecule has 0 N–H and O–H groups in total. The fraction of sp³-hybridized carbons (Fsp3) is 0.273. The standard InChI is InChI=1S/C22H20F3N5O/c1-3-29(4-2)20-10-9-15(14-26)21(27-20)30-12-11-16(28-30)13-19(31)17-7-5-6-8-18(17)22(23,24)25/h5-12H,3-4,13H2,1-2H3. The summed E-state index contributed by atoms with van der Waals surface area (Å²) in [5, 5.41) is 13.7. The van der Waals surface area contributed by atoms with Crippen molar-refractivity contribution in [1.82, 2.24) is 14.8 Å². The van der Waals surface area contributed by atoms with Crippen molar-refractivity contribution < 1.29 is 18.0 Å². The van der Waals surface area contributed by atoms with E-state index in [0.717, 1.165) is 25.2 Å². The van der Waals surface area contributed by atoms with Gasteiger partial charge in [0.15, 0.2) is 11.6 Å². The van der Waals surface area contributed by atoms with Crippen molar-refractivity contribution in [2.75, 3.05) is 18.0 Å². The predicted octanol–water partition coefficient (Wildman–Crippen LogP) is 4.43. The minimum atomic E-state index is -4.62. The Balaban J connectivity index is 1.90. The number of alkyl halides is 3. The van der Waals surface area contributed by atoms with Crippen molar-refractivity contribution in [2.24, 2.45) is 0 Å². The Bertz CT molecular complexity index is 1130. The van der Waals surface area contributed by atoms with Gasteiger partial charge in [0.25, 0.3) is 0 Å². The normalized spacial score (nSPS) is 11.2. The molecule has 0 atom stereocenters. The van der Waals surface area contributed by atoms with Crippen LogP contribution in [0.3, 0.4) is 0 Å². The molecule has 3 aromatic rings. The zero-order valence-electron chi connectivity index (χ0n) is 17.0. The Labute approximate surface area is 177 Å². The van der Waals surface area contributed by atoms with Gasteiger partial charge in [0.05, 0.1) is 23.2 Å². The van der Waals surface area contributed by atoms with Gasteiger partial charge < -0.3 is 4.90 Å². The van der Waals surface area contributed by atoms with Crippen LogP contribution < -0.4 is 4.90 Å². The van der Waals surface area contributed by atoms with Crippen LogP contribution in [-0.4, -0.2) is 33.6 Å². The molecule has 31 heavy (non-hydrogen) atoms. The third-order valence-corrected chi connectivity index (χ3v) is 4.80. The first-order valence-corrected chi connectivity index (χ1v) is 9.68. The smallest absolute Gasteiger partial charge is 0.357 e. The van der Waals surface area contributed by atoms with E-state index in [-0.39, 0.29) is 12.1 Å². The van der Waals surface area contributed by atoms with E-state index in [0.29, 0.717) is 17.2 Å². The number of Topliss-reactive ketones (excluding diaryl/α,β-unsaturated/α-hetero) is 1. The third-order valence-electron chi connectivity index (χ3n) is 4.80. The number of ketones is 1. The van der Waals surface area contributed by atoms with E-state index < -0.39 is 23.1 Å². The molecule has 0 fully saturated rings. The van der Waals surface area contributed by atoms with Crippen molar-refractivity contribution in [2.45, 2.75) is 26.4 Å². The molecule has 0 bridgehead atoms. The molecule has 3 rings (SSSR count). The first kappa shape index (κ1) is 22.0. The molecule has 2 heterocycles. The summed E-state index contributed by atoms with van der Waals surface area (Å²) in [5.74, 6) is 0.274. The summed E-state index contributed by atoms with van der Waals surface area (Å²) in [6, 6.07) is 11.7. The maximum absolute atomic E-state index is 13.2. The number of nitriles is 1. The summed E-state index contributed by atoms with van der Waals surface area (Å²) >= 11 is 0. The molecule has 2 aromatic heterocycles. The fourth-order valence-corrected chi connectivity index (χ4v) is 3.23. The van der Waals surface area contributed by atoms with Crippen molar-refractivity contribution in [3.8, 4) is 11.9 Å². The fourth-order valence-electron chi connectivity index (χ4n) is 3.23. The molecule has 1 aromatic carbocycles. The maximum atomic E-state index is 13.2. The summed E-state index contributed by atoms with van der Waals surface area (Å²) in [4.78, 5) is 19.1. The van der Waals surface area contributed by atoms with Crippen LogP contribution in [0.15, 0.2) is 48.7 Å². The van der Waals surface area contributed by atoms with Crippen LogP contribution in [0.5, 0.6) is 0 Å². The maximum Gasteiger partial charge on any atom is 0.417 e. The first-order chi connectivity index (χ1) is 14.8. The Hall–Kier alpha value is -3.67. The van der Waals surface area contributed by atoms with Gasteiger partial charge in [-0.25, -0.2) is 9.67 Å². The quantitative estimate of drug-likeness (QED) is 0.522. The van der Waals surface area contributed by atoms with Gasteiger partial charge in [0.2, 0.25) is 0 Å². The second-order valence-corrected chi connectivity index (χ2v) is 6.72. The number of halogens is 3. The molecule has 160 valence electrons. The Morgan fingerprint density at radius 1 is 1.13 bits per heavy atom. The van der Waals surface area contributed by atoms with Gasteiger partial charge in [0.1, 0.15) is 11.9 Å². The van der Waals surface area contributed by atoms with Crippen LogP contribution in [-0.2, 0) is 12.6 Å². The lowest BCUT2D eigenvalue weighted by molar-refractivity contribution is -0.137. The van der Waals surface area contributed by atoms with Crippen LogP contribution in [0.25, 0.3) is 5.82 Å². The summed E-state index contributed by atoms with van der Waals surface area (Å²) in [7, 11) is 0. The molecular formula is C22H20F3N5O. The number of pyridine rings is 1. The lowest BCUT2D eigenvalue weighted by Crippen LogP contribution is -2.23. The lowest BCUT2D eigenvalue weighted by Gasteiger charge is -2.20. The molecular weight excluding hydrogens is 407 g/mol. The average molecular weight is 427 g/mol. The summed E-state index contributed by atoms with van der Waals surface area (Å²) < 4.78 is 41.0. The van der Waals surface area contributed by atoms with Crippen LogP contribution >= 0.6 is 0 Å². The predicted molar refractivity (Wildman–Crippen MR) is 109 cm³/mol. The van der Waals surface area contributed by atoms with Gasteiger partial charge in [-0.1, -0.05) is 18.2 Å². The number of rotatable bonds is 7. The summed E-state index contributed by atoms with van der Waals surface area (Å²) in [6.45, 7) is 5.43.